The minimum atomic E-state index is 0.853. The lowest BCUT2D eigenvalue weighted by Crippen LogP contribution is -2.38. The topological polar surface area (TPSA) is 28.2 Å². The number of aryl methyl sites for hydroxylation is 2. The normalized spacial score (nSPS) is 23.1. The minimum absolute atomic E-state index is 0.853. The molecule has 0 bridgehead atoms. The van der Waals surface area contributed by atoms with E-state index in [1.807, 2.05) is 0 Å². The molecule has 2 fully saturated rings. The van der Waals surface area contributed by atoms with Crippen LogP contribution in [0.1, 0.15) is 43.4 Å². The van der Waals surface area contributed by atoms with Crippen LogP contribution in [0, 0.1) is 5.92 Å². The van der Waals surface area contributed by atoms with E-state index in [1.54, 1.807) is 0 Å². The third-order valence-corrected chi connectivity index (χ3v) is 5.12. The van der Waals surface area contributed by atoms with E-state index in [2.05, 4.69) is 22.3 Å². The van der Waals surface area contributed by atoms with Gasteiger partial charge in [-0.2, -0.15) is 0 Å². The van der Waals surface area contributed by atoms with Gasteiger partial charge in [-0.3, -0.25) is 0 Å². The predicted octanol–water partition coefficient (Wildman–Crippen LogP) is 2.54. The number of hydrogen-bond donors (Lipinski definition) is 1. The van der Waals surface area contributed by atoms with E-state index in [9.17, 15) is 0 Å². The lowest BCUT2D eigenvalue weighted by atomic mass is 9.96. The van der Waals surface area contributed by atoms with Crippen LogP contribution in [0.4, 0.5) is 5.82 Å². The number of aromatic nitrogens is 1. The maximum atomic E-state index is 4.90. The number of hydrogen-bond acceptors (Lipinski definition) is 3. The van der Waals surface area contributed by atoms with E-state index in [0.29, 0.717) is 0 Å². The quantitative estimate of drug-likeness (QED) is 0.912. The molecule has 0 radical (unpaired) electrons. The monoisotopic (exact) mass is 271 g/mol. The Balaban J connectivity index is 1.34. The number of anilines is 1. The molecule has 1 saturated carbocycles. The molecule has 0 amide bonds. The summed E-state index contributed by atoms with van der Waals surface area (Å²) in [5.74, 6) is 2.10. The Labute approximate surface area is 121 Å². The fourth-order valence-corrected chi connectivity index (χ4v) is 3.57. The van der Waals surface area contributed by atoms with Crippen molar-refractivity contribution in [1.82, 2.24) is 10.3 Å². The highest BCUT2D eigenvalue weighted by Crippen LogP contribution is 2.27. The first-order valence-corrected chi connectivity index (χ1v) is 8.35. The summed E-state index contributed by atoms with van der Waals surface area (Å²) in [5.41, 5.74) is 2.84. The van der Waals surface area contributed by atoms with Gasteiger partial charge in [0, 0.05) is 24.8 Å². The maximum Gasteiger partial charge on any atom is 0.128 e. The molecule has 0 spiro atoms. The van der Waals surface area contributed by atoms with Gasteiger partial charge in [-0.15, -0.1) is 0 Å². The van der Waals surface area contributed by atoms with Crippen LogP contribution in [-0.4, -0.2) is 30.7 Å². The zero-order chi connectivity index (χ0) is 13.4. The highest BCUT2D eigenvalue weighted by atomic mass is 15.2. The van der Waals surface area contributed by atoms with Crippen molar-refractivity contribution in [2.75, 3.05) is 24.5 Å². The average molecular weight is 271 g/mol. The summed E-state index contributed by atoms with van der Waals surface area (Å²) in [6.45, 7) is 3.60. The van der Waals surface area contributed by atoms with E-state index in [4.69, 9.17) is 4.98 Å². The molecule has 2 heterocycles. The second kappa shape index (κ2) is 5.36. The van der Waals surface area contributed by atoms with E-state index >= 15 is 0 Å². The Morgan fingerprint density at radius 3 is 2.75 bits per heavy atom. The molecule has 2 aliphatic carbocycles. The third-order valence-electron chi connectivity index (χ3n) is 5.12. The van der Waals surface area contributed by atoms with Crippen LogP contribution in [-0.2, 0) is 12.8 Å². The maximum absolute atomic E-state index is 4.90. The summed E-state index contributed by atoms with van der Waals surface area (Å²) in [6.07, 6.45) is 9.15. The Bertz CT molecular complexity index is 473. The van der Waals surface area contributed by atoms with Crippen molar-refractivity contribution in [3.63, 3.8) is 0 Å². The van der Waals surface area contributed by atoms with Gasteiger partial charge in [-0.25, -0.2) is 4.98 Å². The van der Waals surface area contributed by atoms with Gasteiger partial charge >= 0.3 is 0 Å². The lowest BCUT2D eigenvalue weighted by Gasteiger charge is -2.33. The van der Waals surface area contributed by atoms with Crippen LogP contribution in [0.5, 0.6) is 0 Å². The first-order chi connectivity index (χ1) is 9.88. The van der Waals surface area contributed by atoms with Crippen molar-refractivity contribution >= 4 is 5.82 Å². The summed E-state index contributed by atoms with van der Waals surface area (Å²) >= 11 is 0. The average Bonchev–Trinajstić information content (AvgIpc) is 3.21. The highest BCUT2D eigenvalue weighted by molar-refractivity contribution is 5.43. The largest absolute Gasteiger partial charge is 0.357 e. The van der Waals surface area contributed by atoms with Crippen LogP contribution in [0.2, 0.25) is 0 Å². The van der Waals surface area contributed by atoms with Gasteiger partial charge in [0.2, 0.25) is 0 Å². The molecule has 4 rings (SSSR count). The zero-order valence-corrected chi connectivity index (χ0v) is 12.3. The predicted molar refractivity (Wildman–Crippen MR) is 82.2 cm³/mol. The van der Waals surface area contributed by atoms with Crippen LogP contribution >= 0.6 is 0 Å². The Kier molecular flexibility index (Phi) is 3.39. The van der Waals surface area contributed by atoms with Gasteiger partial charge in [0.1, 0.15) is 5.82 Å². The fraction of sp³-hybridized carbons (Fsp3) is 0.706. The van der Waals surface area contributed by atoms with Crippen molar-refractivity contribution in [3.8, 4) is 0 Å². The number of nitrogens with zero attached hydrogens (tertiary/aromatic N) is 2. The van der Waals surface area contributed by atoms with Crippen molar-refractivity contribution in [2.24, 2.45) is 5.92 Å². The summed E-state index contributed by atoms with van der Waals surface area (Å²) < 4.78 is 0. The standard InChI is InChI=1S/C17H25N3/c1-2-14-4-7-17(19-16(14)3-1)20-10-8-13(9-11-20)12-18-15-5-6-15/h4,7,13,15,18H,1-3,5-6,8-12H2. The van der Waals surface area contributed by atoms with Crippen LogP contribution in [0.15, 0.2) is 12.1 Å². The van der Waals surface area contributed by atoms with E-state index in [1.165, 1.54) is 81.7 Å². The van der Waals surface area contributed by atoms with Gasteiger partial charge < -0.3 is 10.2 Å². The second-order valence-electron chi connectivity index (χ2n) is 6.74. The van der Waals surface area contributed by atoms with Gasteiger partial charge in [0.05, 0.1) is 0 Å². The first-order valence-electron chi connectivity index (χ1n) is 8.35. The summed E-state index contributed by atoms with van der Waals surface area (Å²) in [4.78, 5) is 7.39. The van der Waals surface area contributed by atoms with E-state index in [-0.39, 0.29) is 0 Å². The van der Waals surface area contributed by atoms with Crippen molar-refractivity contribution in [1.29, 1.82) is 0 Å². The number of pyridine rings is 1. The Morgan fingerprint density at radius 1 is 1.10 bits per heavy atom. The molecule has 20 heavy (non-hydrogen) atoms. The smallest absolute Gasteiger partial charge is 0.128 e. The molecule has 108 valence electrons. The molecule has 1 saturated heterocycles. The fourth-order valence-electron chi connectivity index (χ4n) is 3.57. The molecule has 3 heteroatoms. The molecule has 1 aliphatic heterocycles. The van der Waals surface area contributed by atoms with Crippen LogP contribution in [0.25, 0.3) is 0 Å². The molecule has 0 unspecified atom stereocenters. The summed E-state index contributed by atoms with van der Waals surface area (Å²) in [5, 5.41) is 3.68. The van der Waals surface area contributed by atoms with Crippen molar-refractivity contribution < 1.29 is 0 Å². The van der Waals surface area contributed by atoms with E-state index in [0.717, 1.165) is 12.0 Å². The molecule has 0 atom stereocenters. The van der Waals surface area contributed by atoms with Gasteiger partial charge in [0.15, 0.2) is 0 Å². The van der Waals surface area contributed by atoms with Crippen LogP contribution in [0.3, 0.4) is 0 Å². The summed E-state index contributed by atoms with van der Waals surface area (Å²) in [6, 6.07) is 5.41. The third kappa shape index (κ3) is 2.69. The van der Waals surface area contributed by atoms with Crippen molar-refractivity contribution in [3.05, 3.63) is 23.4 Å². The molecule has 1 aromatic rings. The molecule has 1 aromatic heterocycles. The number of piperidine rings is 1. The molecule has 3 aliphatic rings. The van der Waals surface area contributed by atoms with Gasteiger partial charge in [-0.1, -0.05) is 6.07 Å². The molecule has 3 nitrogen and oxygen atoms in total. The molecule has 0 aromatic carbocycles. The lowest BCUT2D eigenvalue weighted by molar-refractivity contribution is 0.381. The second-order valence-corrected chi connectivity index (χ2v) is 6.74. The van der Waals surface area contributed by atoms with Gasteiger partial charge in [0.25, 0.3) is 0 Å². The number of fused-ring (bicyclic) bond motifs is 1. The van der Waals surface area contributed by atoms with Gasteiger partial charge in [-0.05, 0) is 69.0 Å². The zero-order valence-electron chi connectivity index (χ0n) is 12.3. The highest BCUT2D eigenvalue weighted by Gasteiger charge is 2.25. The Morgan fingerprint density at radius 2 is 1.95 bits per heavy atom. The minimum Gasteiger partial charge on any atom is -0.357 e. The number of nitrogens with one attached hydrogen (secondary N) is 1. The van der Waals surface area contributed by atoms with Crippen LogP contribution < -0.4 is 10.2 Å². The van der Waals surface area contributed by atoms with Crippen molar-refractivity contribution in [2.45, 2.75) is 51.0 Å². The Hall–Kier alpha value is -1.09. The van der Waals surface area contributed by atoms with E-state index < -0.39 is 0 Å². The molecular formula is C17H25N3. The first kappa shape index (κ1) is 12.6. The SMILES string of the molecule is c1cc2c(nc1N1CCC(CNC3CC3)CC1)CCC2. The molecular weight excluding hydrogens is 246 g/mol. The summed E-state index contributed by atoms with van der Waals surface area (Å²) in [7, 11) is 0. The number of rotatable bonds is 4. The molecule has 1 N–H and O–H groups in total.